The number of phenolic OH excluding ortho intramolecular Hbond substituents is 1. The van der Waals surface area contributed by atoms with Crippen molar-refractivity contribution in [3.8, 4) is 5.75 Å². The van der Waals surface area contributed by atoms with E-state index in [9.17, 15) is 14.7 Å². The summed E-state index contributed by atoms with van der Waals surface area (Å²) in [5.41, 5.74) is 2.62. The Morgan fingerprint density at radius 2 is 1.81 bits per heavy atom. The van der Waals surface area contributed by atoms with Crippen molar-refractivity contribution in [2.45, 2.75) is 19.4 Å². The molecule has 1 aliphatic heterocycles. The van der Waals surface area contributed by atoms with E-state index < -0.39 is 11.9 Å². The monoisotopic (exact) mass is 431 g/mol. The number of rotatable bonds is 3. The highest BCUT2D eigenvalue weighted by molar-refractivity contribution is 6.31. The summed E-state index contributed by atoms with van der Waals surface area (Å²) in [6.07, 6.45) is 0.872. The first-order valence-electron chi connectivity index (χ1n) is 9.95. The number of carbonyl (C=O) groups excluding carboxylic acids is 1. The smallest absolute Gasteiger partial charge is 0.295 e. The van der Waals surface area contributed by atoms with E-state index in [1.54, 1.807) is 47.4 Å². The molecule has 5 rings (SSSR count). The summed E-state index contributed by atoms with van der Waals surface area (Å²) < 4.78 is 5.92. The average molecular weight is 432 g/mol. The lowest BCUT2D eigenvalue weighted by atomic mass is 9.98. The number of hydrogen-bond donors (Lipinski definition) is 1. The van der Waals surface area contributed by atoms with Crippen molar-refractivity contribution in [3.05, 3.63) is 104 Å². The van der Waals surface area contributed by atoms with Gasteiger partial charge in [0.25, 0.3) is 5.91 Å². The van der Waals surface area contributed by atoms with Gasteiger partial charge in [0.15, 0.2) is 5.43 Å². The van der Waals surface area contributed by atoms with Crippen molar-refractivity contribution in [3.63, 3.8) is 0 Å². The van der Waals surface area contributed by atoms with Gasteiger partial charge in [-0.05, 0) is 60.0 Å². The molecule has 1 unspecified atom stereocenters. The van der Waals surface area contributed by atoms with Crippen LogP contribution >= 0.6 is 11.6 Å². The molecule has 1 aliphatic rings. The fourth-order valence-corrected chi connectivity index (χ4v) is 4.29. The van der Waals surface area contributed by atoms with Crippen LogP contribution in [0.25, 0.3) is 11.0 Å². The number of phenols is 1. The summed E-state index contributed by atoms with van der Waals surface area (Å²) in [5.74, 6) is -0.345. The van der Waals surface area contributed by atoms with Gasteiger partial charge in [0.05, 0.1) is 17.0 Å². The van der Waals surface area contributed by atoms with Crippen LogP contribution in [0.3, 0.4) is 0 Å². The van der Waals surface area contributed by atoms with Crippen LogP contribution in [0.2, 0.25) is 5.02 Å². The van der Waals surface area contributed by atoms with Gasteiger partial charge in [-0.15, -0.1) is 0 Å². The quantitative estimate of drug-likeness (QED) is 0.467. The molecule has 154 valence electrons. The third-order valence-corrected chi connectivity index (χ3v) is 5.88. The number of carbonyl (C=O) groups is 1. The molecule has 2 heterocycles. The zero-order valence-corrected chi connectivity index (χ0v) is 17.4. The number of benzene rings is 3. The van der Waals surface area contributed by atoms with Crippen LogP contribution in [0.4, 0.5) is 5.69 Å². The van der Waals surface area contributed by atoms with Gasteiger partial charge in [-0.25, -0.2) is 0 Å². The van der Waals surface area contributed by atoms with Crippen molar-refractivity contribution < 1.29 is 14.3 Å². The van der Waals surface area contributed by atoms with Gasteiger partial charge in [0.1, 0.15) is 11.3 Å². The average Bonchev–Trinajstić information content (AvgIpc) is 3.07. The molecule has 0 fully saturated rings. The van der Waals surface area contributed by atoms with Gasteiger partial charge in [0.2, 0.25) is 5.76 Å². The molecule has 0 bridgehead atoms. The summed E-state index contributed by atoms with van der Waals surface area (Å²) >= 11 is 6.11. The van der Waals surface area contributed by atoms with Gasteiger partial charge < -0.3 is 9.52 Å². The topological polar surface area (TPSA) is 70.8 Å². The molecule has 31 heavy (non-hydrogen) atoms. The molecule has 1 atom stereocenters. The maximum Gasteiger partial charge on any atom is 0.295 e. The third kappa shape index (κ3) is 3.09. The van der Waals surface area contributed by atoms with Crippen molar-refractivity contribution in [2.24, 2.45) is 0 Å². The Morgan fingerprint density at radius 1 is 1.03 bits per heavy atom. The van der Waals surface area contributed by atoms with Crippen LogP contribution < -0.4 is 10.3 Å². The molecule has 1 N–H and O–H groups in total. The molecule has 0 spiro atoms. The normalized spacial score (nSPS) is 15.5. The minimum Gasteiger partial charge on any atom is -0.508 e. The zero-order valence-electron chi connectivity index (χ0n) is 16.6. The zero-order chi connectivity index (χ0) is 21.7. The third-order valence-electron chi connectivity index (χ3n) is 5.64. The summed E-state index contributed by atoms with van der Waals surface area (Å²) in [4.78, 5) is 28.5. The molecule has 4 aromatic rings. The predicted octanol–water partition coefficient (Wildman–Crippen LogP) is 5.46. The molecule has 0 saturated heterocycles. The molecule has 0 saturated carbocycles. The molecule has 0 radical (unpaired) electrons. The summed E-state index contributed by atoms with van der Waals surface area (Å²) in [5, 5.41) is 10.8. The van der Waals surface area contributed by atoms with E-state index >= 15 is 0 Å². The van der Waals surface area contributed by atoms with Crippen LogP contribution in [0, 0.1) is 0 Å². The number of aryl methyl sites for hydroxylation is 1. The molecular formula is C25H18ClNO4. The number of hydrogen-bond acceptors (Lipinski definition) is 4. The number of anilines is 1. The number of nitrogens with zero attached hydrogens (tertiary/aromatic N) is 1. The van der Waals surface area contributed by atoms with Gasteiger partial charge in [-0.2, -0.15) is 0 Å². The lowest BCUT2D eigenvalue weighted by Gasteiger charge is -2.25. The first-order valence-corrected chi connectivity index (χ1v) is 10.3. The SMILES string of the molecule is CCc1ccc(N2C(=O)c3oc4ccc(Cl)cc4c(=O)c3C2c2cccc(O)c2)cc1. The van der Waals surface area contributed by atoms with E-state index in [4.69, 9.17) is 16.0 Å². The molecule has 1 amide bonds. The van der Waals surface area contributed by atoms with E-state index in [1.807, 2.05) is 24.3 Å². The minimum atomic E-state index is -0.735. The molecule has 5 nitrogen and oxygen atoms in total. The van der Waals surface area contributed by atoms with Gasteiger partial charge in [-0.1, -0.05) is 42.8 Å². The van der Waals surface area contributed by atoms with Crippen LogP contribution in [-0.2, 0) is 6.42 Å². The maximum atomic E-state index is 13.5. The van der Waals surface area contributed by atoms with Crippen molar-refractivity contribution in [1.82, 2.24) is 0 Å². The van der Waals surface area contributed by atoms with E-state index in [0.29, 0.717) is 27.2 Å². The molecule has 1 aromatic heterocycles. The van der Waals surface area contributed by atoms with E-state index in [0.717, 1.165) is 12.0 Å². The van der Waals surface area contributed by atoms with Crippen molar-refractivity contribution in [2.75, 3.05) is 4.90 Å². The van der Waals surface area contributed by atoms with E-state index in [-0.39, 0.29) is 22.5 Å². The van der Waals surface area contributed by atoms with Gasteiger partial charge in [-0.3, -0.25) is 14.5 Å². The Kier molecular flexibility index (Phi) is 4.56. The van der Waals surface area contributed by atoms with Crippen LogP contribution in [-0.4, -0.2) is 11.0 Å². The van der Waals surface area contributed by atoms with Crippen molar-refractivity contribution in [1.29, 1.82) is 0 Å². The number of fused-ring (bicyclic) bond motifs is 2. The lowest BCUT2D eigenvalue weighted by Crippen LogP contribution is -2.29. The lowest BCUT2D eigenvalue weighted by molar-refractivity contribution is 0.0971. The summed E-state index contributed by atoms with van der Waals surface area (Å²) in [6, 6.07) is 18.2. The Hall–Kier alpha value is -3.57. The number of amides is 1. The molecule has 3 aromatic carbocycles. The Balaban J connectivity index is 1.80. The summed E-state index contributed by atoms with van der Waals surface area (Å²) in [7, 11) is 0. The first-order chi connectivity index (χ1) is 15.0. The highest BCUT2D eigenvalue weighted by Crippen LogP contribution is 2.42. The number of aromatic hydroxyl groups is 1. The Morgan fingerprint density at radius 3 is 2.52 bits per heavy atom. The second kappa shape index (κ2) is 7.29. The molecule has 6 heteroatoms. The Bertz CT molecular complexity index is 1390. The molecule has 0 aliphatic carbocycles. The standard InChI is InChI=1S/C25H18ClNO4/c1-2-14-6-9-17(10-7-14)27-22(15-4-3-5-18(28)12-15)21-23(29)19-13-16(26)8-11-20(19)31-24(21)25(27)30/h3-13,22,28H,2H2,1H3. The number of halogens is 1. The van der Waals surface area contributed by atoms with Gasteiger partial charge in [0, 0.05) is 10.7 Å². The maximum absolute atomic E-state index is 13.5. The van der Waals surface area contributed by atoms with E-state index in [1.165, 1.54) is 0 Å². The summed E-state index contributed by atoms with van der Waals surface area (Å²) in [6.45, 7) is 2.06. The van der Waals surface area contributed by atoms with Gasteiger partial charge >= 0.3 is 0 Å². The highest BCUT2D eigenvalue weighted by atomic mass is 35.5. The largest absolute Gasteiger partial charge is 0.508 e. The minimum absolute atomic E-state index is 0.00716. The fourth-order valence-electron chi connectivity index (χ4n) is 4.11. The van der Waals surface area contributed by atoms with Crippen LogP contribution in [0.5, 0.6) is 5.75 Å². The highest BCUT2D eigenvalue weighted by Gasteiger charge is 2.43. The second-order valence-electron chi connectivity index (χ2n) is 7.51. The van der Waals surface area contributed by atoms with E-state index in [2.05, 4.69) is 6.92 Å². The second-order valence-corrected chi connectivity index (χ2v) is 7.94. The van der Waals surface area contributed by atoms with Crippen LogP contribution in [0.15, 0.2) is 75.9 Å². The molecular weight excluding hydrogens is 414 g/mol. The predicted molar refractivity (Wildman–Crippen MR) is 120 cm³/mol. The Labute approximate surface area is 183 Å². The van der Waals surface area contributed by atoms with Crippen LogP contribution in [0.1, 0.15) is 40.2 Å². The fraction of sp³-hybridized carbons (Fsp3) is 0.120. The first kappa shape index (κ1) is 19.4. The van der Waals surface area contributed by atoms with Crippen molar-refractivity contribution >= 4 is 34.2 Å².